The molecule has 4 aromatic rings. The van der Waals surface area contributed by atoms with Gasteiger partial charge >= 0.3 is 0 Å². The van der Waals surface area contributed by atoms with E-state index in [0.717, 1.165) is 29.5 Å². The minimum absolute atomic E-state index is 0.126. The van der Waals surface area contributed by atoms with Gasteiger partial charge in [0.2, 0.25) is 11.0 Å². The molecule has 0 N–H and O–H groups in total. The average Bonchev–Trinajstić information content (AvgIpc) is 3.34. The summed E-state index contributed by atoms with van der Waals surface area (Å²) in [6, 6.07) is 27.1. The Balaban J connectivity index is 1.33. The van der Waals surface area contributed by atoms with Crippen molar-refractivity contribution in [2.45, 2.75) is 32.9 Å². The Hall–Kier alpha value is -3.51. The van der Waals surface area contributed by atoms with Crippen molar-refractivity contribution in [1.82, 2.24) is 14.3 Å². The van der Waals surface area contributed by atoms with Crippen molar-refractivity contribution >= 4 is 22.6 Å². The monoisotopic (exact) mass is 468 g/mol. The van der Waals surface area contributed by atoms with Crippen LogP contribution in [-0.4, -0.2) is 33.3 Å². The lowest BCUT2D eigenvalue weighted by atomic mass is 10.00. The molecule has 172 valence electrons. The number of fused-ring (bicyclic) bond motifs is 1. The molecule has 0 atom stereocenters. The lowest BCUT2D eigenvalue weighted by molar-refractivity contribution is -0.130. The number of nitrogens with zero attached hydrogens (tertiary/aromatic N) is 4. The number of amides is 1. The molecule has 5 rings (SSSR count). The van der Waals surface area contributed by atoms with Crippen LogP contribution in [0, 0.1) is 6.92 Å². The van der Waals surface area contributed by atoms with Gasteiger partial charge in [-0.05, 0) is 35.6 Å². The Bertz CT molecular complexity index is 1250. The highest BCUT2D eigenvalue weighted by atomic mass is 32.1. The van der Waals surface area contributed by atoms with Gasteiger partial charge in [-0.3, -0.25) is 4.79 Å². The van der Waals surface area contributed by atoms with E-state index in [1.165, 1.54) is 33.8 Å². The first-order valence-electron chi connectivity index (χ1n) is 11.7. The lowest BCUT2D eigenvalue weighted by Gasteiger charge is -2.31. The largest absolute Gasteiger partial charge is 0.336 e. The Labute approximate surface area is 204 Å². The molecule has 2 heterocycles. The van der Waals surface area contributed by atoms with Gasteiger partial charge in [-0.25, -0.2) is 4.98 Å². The quantitative estimate of drug-likeness (QED) is 0.382. The van der Waals surface area contributed by atoms with Crippen molar-refractivity contribution in [3.63, 3.8) is 0 Å². The number of rotatable bonds is 7. The Kier molecular flexibility index (Phi) is 6.67. The van der Waals surface area contributed by atoms with Gasteiger partial charge < -0.3 is 9.80 Å². The van der Waals surface area contributed by atoms with Gasteiger partial charge in [0.15, 0.2) is 0 Å². The molecule has 0 unspecified atom stereocenters. The molecule has 34 heavy (non-hydrogen) atoms. The Morgan fingerprint density at radius 1 is 0.941 bits per heavy atom. The number of anilines is 1. The second-order valence-corrected chi connectivity index (χ2v) is 9.56. The molecule has 1 aromatic heterocycles. The van der Waals surface area contributed by atoms with Crippen LogP contribution in [-0.2, 0) is 30.7 Å². The molecule has 1 aliphatic rings. The summed E-state index contributed by atoms with van der Waals surface area (Å²) >= 11 is 1.37. The highest BCUT2D eigenvalue weighted by Crippen LogP contribution is 2.23. The van der Waals surface area contributed by atoms with E-state index in [9.17, 15) is 4.79 Å². The van der Waals surface area contributed by atoms with Gasteiger partial charge in [0, 0.05) is 37.6 Å². The molecule has 1 amide bonds. The molecule has 0 saturated heterocycles. The second-order valence-electron chi connectivity index (χ2n) is 8.83. The fourth-order valence-electron chi connectivity index (χ4n) is 4.30. The first-order chi connectivity index (χ1) is 16.6. The normalized spacial score (nSPS) is 12.9. The van der Waals surface area contributed by atoms with Crippen LogP contribution in [0.2, 0.25) is 0 Å². The Morgan fingerprint density at radius 3 is 2.47 bits per heavy atom. The molecular formula is C28H28N4OS. The summed E-state index contributed by atoms with van der Waals surface area (Å²) in [6.07, 6.45) is 1.59. The van der Waals surface area contributed by atoms with Gasteiger partial charge in [0.05, 0.1) is 6.54 Å². The van der Waals surface area contributed by atoms with E-state index in [0.29, 0.717) is 19.5 Å². The van der Waals surface area contributed by atoms with Crippen molar-refractivity contribution in [2.24, 2.45) is 0 Å². The summed E-state index contributed by atoms with van der Waals surface area (Å²) in [4.78, 5) is 22.2. The maximum atomic E-state index is 13.4. The third-order valence-electron chi connectivity index (χ3n) is 6.24. The number of benzene rings is 3. The topological polar surface area (TPSA) is 49.3 Å². The average molecular weight is 469 g/mol. The number of carbonyl (C=O) groups is 1. The van der Waals surface area contributed by atoms with Gasteiger partial charge in [-0.2, -0.15) is 4.37 Å². The Morgan fingerprint density at radius 2 is 1.68 bits per heavy atom. The van der Waals surface area contributed by atoms with Gasteiger partial charge in [0.1, 0.15) is 5.82 Å². The molecule has 6 heteroatoms. The molecule has 0 spiro atoms. The van der Waals surface area contributed by atoms with Crippen molar-refractivity contribution in [3.05, 3.63) is 113 Å². The smallest absolute Gasteiger partial charge is 0.242 e. The molecule has 3 aromatic carbocycles. The first kappa shape index (κ1) is 22.3. The number of aromatic nitrogens is 2. The minimum atomic E-state index is 0.126. The standard InChI is InChI=1S/C28H28N4OS/c1-21-11-13-22(14-12-21)17-26-29-28(34-30-26)32(18-23-7-3-2-4-8-23)20-27(33)31-16-15-24-9-5-6-10-25(24)19-31/h2-14H,15-20H2,1H3. The van der Waals surface area contributed by atoms with Gasteiger partial charge in [0.25, 0.3) is 0 Å². The van der Waals surface area contributed by atoms with Crippen LogP contribution in [0.25, 0.3) is 0 Å². The summed E-state index contributed by atoms with van der Waals surface area (Å²) in [7, 11) is 0. The van der Waals surface area contributed by atoms with Crippen molar-refractivity contribution in [2.75, 3.05) is 18.0 Å². The highest BCUT2D eigenvalue weighted by molar-refractivity contribution is 7.09. The molecule has 0 saturated carbocycles. The van der Waals surface area contributed by atoms with Crippen molar-refractivity contribution in [1.29, 1.82) is 0 Å². The summed E-state index contributed by atoms with van der Waals surface area (Å²) in [5, 5.41) is 0.789. The van der Waals surface area contributed by atoms with E-state index in [2.05, 4.69) is 70.8 Å². The zero-order valence-electron chi connectivity index (χ0n) is 19.4. The SMILES string of the molecule is Cc1ccc(Cc2nsc(N(CC(=O)N3CCc4ccccc4C3)Cc3ccccc3)n2)cc1. The van der Waals surface area contributed by atoms with E-state index < -0.39 is 0 Å². The molecule has 0 aliphatic carbocycles. The summed E-state index contributed by atoms with van der Waals surface area (Å²) in [6.45, 7) is 4.42. The van der Waals surface area contributed by atoms with Crippen LogP contribution < -0.4 is 4.90 Å². The molecule has 1 aliphatic heterocycles. The van der Waals surface area contributed by atoms with E-state index in [-0.39, 0.29) is 12.5 Å². The summed E-state index contributed by atoms with van der Waals surface area (Å²) < 4.78 is 4.61. The summed E-state index contributed by atoms with van der Waals surface area (Å²) in [5.74, 6) is 0.919. The third-order valence-corrected chi connectivity index (χ3v) is 7.05. The lowest BCUT2D eigenvalue weighted by Crippen LogP contribution is -2.42. The van der Waals surface area contributed by atoms with Crippen molar-refractivity contribution in [3.8, 4) is 0 Å². The number of aryl methyl sites for hydroxylation is 1. The van der Waals surface area contributed by atoms with E-state index in [4.69, 9.17) is 4.98 Å². The van der Waals surface area contributed by atoms with Crippen LogP contribution in [0.4, 0.5) is 5.13 Å². The molecule has 0 bridgehead atoms. The van der Waals surface area contributed by atoms with E-state index in [1.807, 2.05) is 29.2 Å². The molecule has 0 radical (unpaired) electrons. The molecule has 0 fully saturated rings. The predicted octanol–water partition coefficient (Wildman–Crippen LogP) is 5.03. The van der Waals surface area contributed by atoms with Crippen LogP contribution in [0.5, 0.6) is 0 Å². The number of hydrogen-bond donors (Lipinski definition) is 0. The number of hydrogen-bond acceptors (Lipinski definition) is 5. The van der Waals surface area contributed by atoms with E-state index >= 15 is 0 Å². The highest BCUT2D eigenvalue weighted by Gasteiger charge is 2.24. The van der Waals surface area contributed by atoms with Gasteiger partial charge in [-0.15, -0.1) is 0 Å². The zero-order valence-corrected chi connectivity index (χ0v) is 20.2. The minimum Gasteiger partial charge on any atom is -0.336 e. The number of carbonyl (C=O) groups excluding carboxylic acids is 1. The predicted molar refractivity (Wildman–Crippen MR) is 137 cm³/mol. The maximum Gasteiger partial charge on any atom is 0.242 e. The molecule has 5 nitrogen and oxygen atoms in total. The van der Waals surface area contributed by atoms with Crippen LogP contribution in [0.15, 0.2) is 78.9 Å². The fraction of sp³-hybridized carbons (Fsp3) is 0.250. The fourth-order valence-corrected chi connectivity index (χ4v) is 4.98. The van der Waals surface area contributed by atoms with Crippen LogP contribution >= 0.6 is 11.5 Å². The van der Waals surface area contributed by atoms with Crippen LogP contribution in [0.3, 0.4) is 0 Å². The van der Waals surface area contributed by atoms with Gasteiger partial charge in [-0.1, -0.05) is 84.4 Å². The molecular weight excluding hydrogens is 440 g/mol. The van der Waals surface area contributed by atoms with E-state index in [1.54, 1.807) is 0 Å². The second kappa shape index (κ2) is 10.2. The summed E-state index contributed by atoms with van der Waals surface area (Å²) in [5.41, 5.74) is 6.16. The maximum absolute atomic E-state index is 13.4. The van der Waals surface area contributed by atoms with Crippen molar-refractivity contribution < 1.29 is 4.79 Å². The zero-order chi connectivity index (χ0) is 23.3. The van der Waals surface area contributed by atoms with Crippen LogP contribution in [0.1, 0.15) is 33.6 Å². The first-order valence-corrected chi connectivity index (χ1v) is 12.4. The third kappa shape index (κ3) is 5.34.